The fourth-order valence-electron chi connectivity index (χ4n) is 2.96. The maximum atomic E-state index is 13.0. The zero-order valence-corrected chi connectivity index (χ0v) is 20.7. The lowest BCUT2D eigenvalue weighted by Crippen LogP contribution is -2.29. The van der Waals surface area contributed by atoms with Crippen molar-refractivity contribution in [1.82, 2.24) is 24.6 Å². The van der Waals surface area contributed by atoms with Crippen LogP contribution in [0.2, 0.25) is 0 Å². The van der Waals surface area contributed by atoms with E-state index in [9.17, 15) is 30.7 Å². The summed E-state index contributed by atoms with van der Waals surface area (Å²) >= 11 is 0. The Labute approximate surface area is 213 Å². The standard InChI is InChI=1S/C18H26FN5.2C2HF3O2/c1-14(2)22(3)13-18-21-20-17-8-9-23(10-11-24(17)18)12-15-4-6-16(19)7-5-15;2*3-2(4,5)1(6)7/h4-7,14H,8-13H2,1-3H3;2*(H,6,7). The largest absolute Gasteiger partial charge is 0.490 e. The Hall–Kier alpha value is -3.27. The molecule has 16 heteroatoms. The van der Waals surface area contributed by atoms with Crippen molar-refractivity contribution >= 4 is 11.9 Å². The van der Waals surface area contributed by atoms with Gasteiger partial charge in [0.05, 0.1) is 6.54 Å². The molecular formula is C22H28F7N5O4. The zero-order chi connectivity index (χ0) is 29.3. The first-order valence-electron chi connectivity index (χ1n) is 11.1. The smallest absolute Gasteiger partial charge is 0.475 e. The molecule has 0 bridgehead atoms. The van der Waals surface area contributed by atoms with Gasteiger partial charge in [-0.25, -0.2) is 14.0 Å². The molecule has 0 amide bonds. The van der Waals surface area contributed by atoms with Crippen molar-refractivity contribution in [3.63, 3.8) is 0 Å². The highest BCUT2D eigenvalue weighted by atomic mass is 19.4. The summed E-state index contributed by atoms with van der Waals surface area (Å²) in [6.45, 7) is 8.86. The van der Waals surface area contributed by atoms with Crippen LogP contribution in [0.5, 0.6) is 0 Å². The third-order valence-corrected chi connectivity index (χ3v) is 5.27. The van der Waals surface area contributed by atoms with Crippen LogP contribution in [0.25, 0.3) is 0 Å². The minimum atomic E-state index is -5.08. The molecule has 38 heavy (non-hydrogen) atoms. The number of fused-ring (bicyclic) bond motifs is 1. The SMILES string of the molecule is CC(C)N(C)Cc1nnc2n1CCN(Cc1ccc(F)cc1)CC2.O=C(O)C(F)(F)F.O=C(O)C(F)(F)F. The van der Waals surface area contributed by atoms with Crippen molar-refractivity contribution < 1.29 is 50.5 Å². The molecule has 214 valence electrons. The second-order valence-electron chi connectivity index (χ2n) is 8.45. The van der Waals surface area contributed by atoms with Crippen molar-refractivity contribution in [3.8, 4) is 0 Å². The van der Waals surface area contributed by atoms with Gasteiger partial charge in [0, 0.05) is 38.6 Å². The number of carboxylic acid groups (broad SMARTS) is 2. The number of rotatable bonds is 5. The average Bonchev–Trinajstić information content (AvgIpc) is 3.05. The van der Waals surface area contributed by atoms with E-state index < -0.39 is 24.3 Å². The molecule has 2 N–H and O–H groups in total. The van der Waals surface area contributed by atoms with Crippen LogP contribution in [-0.4, -0.2) is 85.2 Å². The molecule has 0 aliphatic carbocycles. The number of hydrogen-bond donors (Lipinski definition) is 2. The summed E-state index contributed by atoms with van der Waals surface area (Å²) in [5.41, 5.74) is 1.15. The van der Waals surface area contributed by atoms with Gasteiger partial charge in [-0.15, -0.1) is 10.2 Å². The molecule has 1 aromatic carbocycles. The molecule has 0 spiro atoms. The number of nitrogens with zero attached hydrogens (tertiary/aromatic N) is 5. The van der Waals surface area contributed by atoms with E-state index in [0.717, 1.165) is 56.4 Å². The molecule has 0 atom stereocenters. The molecule has 9 nitrogen and oxygen atoms in total. The topological polar surface area (TPSA) is 112 Å². The van der Waals surface area contributed by atoms with E-state index in [1.54, 1.807) is 0 Å². The minimum Gasteiger partial charge on any atom is -0.475 e. The fourth-order valence-corrected chi connectivity index (χ4v) is 2.96. The van der Waals surface area contributed by atoms with Crippen molar-refractivity contribution in [2.45, 2.75) is 58.3 Å². The molecule has 0 saturated heterocycles. The third-order valence-electron chi connectivity index (χ3n) is 5.27. The predicted octanol–water partition coefficient (Wildman–Crippen LogP) is 3.58. The van der Waals surface area contributed by atoms with Crippen LogP contribution >= 0.6 is 0 Å². The predicted molar refractivity (Wildman–Crippen MR) is 119 cm³/mol. The minimum absolute atomic E-state index is 0.181. The number of aromatic nitrogens is 3. The summed E-state index contributed by atoms with van der Waals surface area (Å²) in [4.78, 5) is 22.5. The highest BCUT2D eigenvalue weighted by Gasteiger charge is 2.38. The van der Waals surface area contributed by atoms with E-state index in [1.165, 1.54) is 12.1 Å². The maximum absolute atomic E-state index is 13.0. The first-order valence-corrected chi connectivity index (χ1v) is 11.1. The number of carboxylic acids is 2. The van der Waals surface area contributed by atoms with Gasteiger partial charge in [0.15, 0.2) is 0 Å². The summed E-state index contributed by atoms with van der Waals surface area (Å²) in [5.74, 6) is -3.58. The van der Waals surface area contributed by atoms with Crippen LogP contribution in [0.15, 0.2) is 24.3 Å². The Morgan fingerprint density at radius 1 is 0.947 bits per heavy atom. The summed E-state index contributed by atoms with van der Waals surface area (Å²) < 4.78 is 78.8. The van der Waals surface area contributed by atoms with Crippen LogP contribution in [-0.2, 0) is 35.6 Å². The van der Waals surface area contributed by atoms with Crippen LogP contribution in [0, 0.1) is 5.82 Å². The number of hydrogen-bond acceptors (Lipinski definition) is 6. The van der Waals surface area contributed by atoms with Gasteiger partial charge in [-0.2, -0.15) is 26.3 Å². The van der Waals surface area contributed by atoms with E-state index in [4.69, 9.17) is 19.8 Å². The molecule has 1 aliphatic rings. The molecule has 0 saturated carbocycles. The third kappa shape index (κ3) is 11.4. The number of alkyl halides is 6. The van der Waals surface area contributed by atoms with E-state index in [2.05, 4.69) is 45.5 Å². The first kappa shape index (κ1) is 32.8. The summed E-state index contributed by atoms with van der Waals surface area (Å²) in [5, 5.41) is 23.0. The van der Waals surface area contributed by atoms with Gasteiger partial charge in [0.1, 0.15) is 17.5 Å². The van der Waals surface area contributed by atoms with E-state index in [1.807, 2.05) is 12.1 Å². The highest BCUT2D eigenvalue weighted by molar-refractivity contribution is 5.73. The Kier molecular flexibility index (Phi) is 12.1. The molecule has 3 rings (SSSR count). The number of benzene rings is 1. The van der Waals surface area contributed by atoms with E-state index in [-0.39, 0.29) is 5.82 Å². The highest BCUT2D eigenvalue weighted by Crippen LogP contribution is 2.15. The molecule has 1 aromatic heterocycles. The van der Waals surface area contributed by atoms with Crippen molar-refractivity contribution in [2.24, 2.45) is 0 Å². The second kappa shape index (κ2) is 14.0. The lowest BCUT2D eigenvalue weighted by molar-refractivity contribution is -0.193. The number of carbonyl (C=O) groups is 2. The normalized spacial score (nSPS) is 14.1. The zero-order valence-electron chi connectivity index (χ0n) is 20.7. The molecule has 1 aliphatic heterocycles. The number of aliphatic carboxylic acids is 2. The molecule has 0 radical (unpaired) electrons. The average molecular weight is 559 g/mol. The fraction of sp³-hybridized carbons (Fsp3) is 0.545. The van der Waals surface area contributed by atoms with Crippen molar-refractivity contribution in [2.75, 3.05) is 20.1 Å². The van der Waals surface area contributed by atoms with E-state index >= 15 is 0 Å². The lowest BCUT2D eigenvalue weighted by atomic mass is 10.2. The van der Waals surface area contributed by atoms with Crippen LogP contribution in [0.4, 0.5) is 30.7 Å². The van der Waals surface area contributed by atoms with Crippen molar-refractivity contribution in [1.29, 1.82) is 0 Å². The lowest BCUT2D eigenvalue weighted by Gasteiger charge is -2.21. The summed E-state index contributed by atoms with van der Waals surface area (Å²) in [7, 11) is 2.11. The second-order valence-corrected chi connectivity index (χ2v) is 8.45. The van der Waals surface area contributed by atoms with Crippen LogP contribution in [0.3, 0.4) is 0 Å². The Bertz CT molecular complexity index is 1020. The van der Waals surface area contributed by atoms with Gasteiger partial charge in [-0.3, -0.25) is 9.80 Å². The monoisotopic (exact) mass is 559 g/mol. The molecule has 2 heterocycles. The van der Waals surface area contributed by atoms with Gasteiger partial charge >= 0.3 is 24.3 Å². The molecular weight excluding hydrogens is 531 g/mol. The summed E-state index contributed by atoms with van der Waals surface area (Å²) in [6, 6.07) is 7.27. The van der Waals surface area contributed by atoms with Crippen LogP contribution in [0.1, 0.15) is 31.1 Å². The van der Waals surface area contributed by atoms with E-state index in [0.29, 0.717) is 6.04 Å². The van der Waals surface area contributed by atoms with Gasteiger partial charge < -0.3 is 14.8 Å². The van der Waals surface area contributed by atoms with Crippen molar-refractivity contribution in [3.05, 3.63) is 47.3 Å². The first-order chi connectivity index (χ1) is 17.4. The molecule has 0 unspecified atom stereocenters. The van der Waals surface area contributed by atoms with Gasteiger partial charge in [-0.1, -0.05) is 12.1 Å². The van der Waals surface area contributed by atoms with Gasteiger partial charge in [0.25, 0.3) is 0 Å². The van der Waals surface area contributed by atoms with Gasteiger partial charge in [-0.05, 0) is 38.6 Å². The maximum Gasteiger partial charge on any atom is 0.490 e. The quantitative estimate of drug-likeness (QED) is 0.535. The number of halogens is 7. The summed E-state index contributed by atoms with van der Waals surface area (Å²) in [6.07, 6.45) is -9.26. The molecule has 2 aromatic rings. The molecule has 0 fully saturated rings. The Balaban J connectivity index is 0.000000426. The Morgan fingerprint density at radius 3 is 1.89 bits per heavy atom. The Morgan fingerprint density at radius 2 is 1.45 bits per heavy atom. The van der Waals surface area contributed by atoms with Gasteiger partial charge in [0.2, 0.25) is 0 Å². The van der Waals surface area contributed by atoms with Crippen LogP contribution < -0.4 is 0 Å².